The van der Waals surface area contributed by atoms with Gasteiger partial charge in [-0.2, -0.15) is 0 Å². The van der Waals surface area contributed by atoms with Gasteiger partial charge in [-0.05, 0) is 35.2 Å². The van der Waals surface area contributed by atoms with Crippen LogP contribution >= 0.6 is 0 Å². The molecule has 2 bridgehead atoms. The van der Waals surface area contributed by atoms with Crippen LogP contribution in [0.1, 0.15) is 39.2 Å². The lowest BCUT2D eigenvalue weighted by atomic mass is 9.69. The zero-order chi connectivity index (χ0) is 13.7. The topological polar surface area (TPSA) is 32.3 Å². The van der Waals surface area contributed by atoms with Crippen LogP contribution in [0, 0.1) is 16.7 Å². The summed E-state index contributed by atoms with van der Waals surface area (Å²) in [6.07, 6.45) is 2.21. The third-order valence-corrected chi connectivity index (χ3v) is 6.18. The molecular weight excluding hydrogens is 234 g/mol. The zero-order valence-corrected chi connectivity index (χ0v) is 12.2. The molecule has 2 saturated carbocycles. The second-order valence-corrected chi connectivity index (χ2v) is 7.12. The van der Waals surface area contributed by atoms with E-state index in [1.165, 1.54) is 18.4 Å². The van der Waals surface area contributed by atoms with Gasteiger partial charge in [0.2, 0.25) is 0 Å². The van der Waals surface area contributed by atoms with Crippen LogP contribution in [-0.4, -0.2) is 17.3 Å². The Hall–Kier alpha value is -0.860. The number of hydrogen-bond donors (Lipinski definition) is 2. The standard InChI is InChI=1S/C17H25NO/c1-16(2)13-9-10-17(16,3)15(14(13)19)18-11-12-7-5-4-6-8-12/h4-8,13-15,18-19H,9-11H2,1-3H3/t13?,14?,15-,17?/m1/s1. The maximum atomic E-state index is 10.6. The summed E-state index contributed by atoms with van der Waals surface area (Å²) in [6, 6.07) is 10.7. The van der Waals surface area contributed by atoms with Crippen molar-refractivity contribution in [2.24, 2.45) is 16.7 Å². The Kier molecular flexibility index (Phi) is 2.99. The Morgan fingerprint density at radius 1 is 1.21 bits per heavy atom. The maximum absolute atomic E-state index is 10.6. The molecule has 2 heteroatoms. The van der Waals surface area contributed by atoms with E-state index in [0.29, 0.717) is 5.92 Å². The fourth-order valence-electron chi connectivity index (χ4n) is 4.49. The summed E-state index contributed by atoms with van der Waals surface area (Å²) in [6.45, 7) is 7.86. The molecule has 2 nitrogen and oxygen atoms in total. The maximum Gasteiger partial charge on any atom is 0.0732 e. The lowest BCUT2D eigenvalue weighted by Gasteiger charge is -2.40. The summed E-state index contributed by atoms with van der Waals surface area (Å²) in [4.78, 5) is 0. The van der Waals surface area contributed by atoms with Gasteiger partial charge in [0, 0.05) is 12.6 Å². The summed E-state index contributed by atoms with van der Waals surface area (Å²) in [5, 5.41) is 14.2. The van der Waals surface area contributed by atoms with Gasteiger partial charge in [-0.15, -0.1) is 0 Å². The number of benzene rings is 1. The highest BCUT2D eigenvalue weighted by Crippen LogP contribution is 2.65. The molecule has 0 radical (unpaired) electrons. The lowest BCUT2D eigenvalue weighted by molar-refractivity contribution is 0.0569. The molecule has 0 aromatic heterocycles. The predicted octanol–water partition coefficient (Wildman–Crippen LogP) is 2.96. The predicted molar refractivity (Wildman–Crippen MR) is 77.7 cm³/mol. The second kappa shape index (κ2) is 4.32. The Labute approximate surface area is 116 Å². The normalized spacial score (nSPS) is 39.7. The molecule has 2 aliphatic rings. The van der Waals surface area contributed by atoms with Crippen molar-refractivity contribution in [3.63, 3.8) is 0 Å². The van der Waals surface area contributed by atoms with Gasteiger partial charge < -0.3 is 10.4 Å². The molecule has 3 rings (SSSR count). The Morgan fingerprint density at radius 3 is 2.47 bits per heavy atom. The molecule has 2 aliphatic carbocycles. The van der Waals surface area contributed by atoms with Crippen LogP contribution in [0.15, 0.2) is 30.3 Å². The number of aliphatic hydroxyl groups is 1. The highest BCUT2D eigenvalue weighted by atomic mass is 16.3. The zero-order valence-electron chi connectivity index (χ0n) is 12.2. The van der Waals surface area contributed by atoms with Crippen molar-refractivity contribution < 1.29 is 5.11 Å². The summed E-state index contributed by atoms with van der Waals surface area (Å²) in [7, 11) is 0. The second-order valence-electron chi connectivity index (χ2n) is 7.12. The van der Waals surface area contributed by atoms with Crippen LogP contribution in [0.2, 0.25) is 0 Å². The van der Waals surface area contributed by atoms with Crippen molar-refractivity contribution in [2.45, 2.75) is 52.3 Å². The summed E-state index contributed by atoms with van der Waals surface area (Å²) in [5.74, 6) is 0.450. The van der Waals surface area contributed by atoms with Crippen LogP contribution < -0.4 is 5.32 Å². The van der Waals surface area contributed by atoms with Crippen molar-refractivity contribution >= 4 is 0 Å². The van der Waals surface area contributed by atoms with E-state index < -0.39 is 0 Å². The van der Waals surface area contributed by atoms with Gasteiger partial charge in [-0.1, -0.05) is 51.1 Å². The molecule has 3 unspecified atom stereocenters. The Balaban J connectivity index is 1.76. The van der Waals surface area contributed by atoms with Gasteiger partial charge in [-0.25, -0.2) is 0 Å². The summed E-state index contributed by atoms with van der Waals surface area (Å²) in [5.41, 5.74) is 1.74. The van der Waals surface area contributed by atoms with Crippen molar-refractivity contribution in [2.75, 3.05) is 0 Å². The number of nitrogens with one attached hydrogen (secondary N) is 1. The largest absolute Gasteiger partial charge is 0.391 e. The summed E-state index contributed by atoms with van der Waals surface area (Å²) >= 11 is 0. The molecule has 2 N–H and O–H groups in total. The lowest BCUT2D eigenvalue weighted by Crippen LogP contribution is -2.49. The third kappa shape index (κ3) is 1.77. The number of aliphatic hydroxyl groups excluding tert-OH is 1. The van der Waals surface area contributed by atoms with E-state index in [0.717, 1.165) is 6.54 Å². The minimum atomic E-state index is -0.197. The van der Waals surface area contributed by atoms with Crippen molar-refractivity contribution in [3.8, 4) is 0 Å². The third-order valence-electron chi connectivity index (χ3n) is 6.18. The number of hydrogen-bond acceptors (Lipinski definition) is 2. The van der Waals surface area contributed by atoms with Crippen molar-refractivity contribution in [1.82, 2.24) is 5.32 Å². The van der Waals surface area contributed by atoms with E-state index in [2.05, 4.69) is 50.4 Å². The molecule has 0 amide bonds. The van der Waals surface area contributed by atoms with Crippen LogP contribution in [-0.2, 0) is 6.54 Å². The molecule has 0 aliphatic heterocycles. The SMILES string of the molecule is CC1(C)C2CCC1(C)[C@H](NCc1ccccc1)C2O. The van der Waals surface area contributed by atoms with Crippen LogP contribution in [0.4, 0.5) is 0 Å². The van der Waals surface area contributed by atoms with Gasteiger partial charge in [0.25, 0.3) is 0 Å². The van der Waals surface area contributed by atoms with E-state index in [-0.39, 0.29) is 23.0 Å². The van der Waals surface area contributed by atoms with E-state index in [1.807, 2.05) is 6.07 Å². The van der Waals surface area contributed by atoms with Gasteiger partial charge in [0.15, 0.2) is 0 Å². The first-order valence-electron chi connectivity index (χ1n) is 7.42. The summed E-state index contributed by atoms with van der Waals surface area (Å²) < 4.78 is 0. The number of rotatable bonds is 3. The van der Waals surface area contributed by atoms with Crippen molar-refractivity contribution in [3.05, 3.63) is 35.9 Å². The molecule has 1 aromatic rings. The average molecular weight is 259 g/mol. The van der Waals surface area contributed by atoms with E-state index >= 15 is 0 Å². The first-order chi connectivity index (χ1) is 8.97. The minimum absolute atomic E-state index is 0.197. The van der Waals surface area contributed by atoms with E-state index in [4.69, 9.17) is 0 Å². The number of fused-ring (bicyclic) bond motifs is 2. The quantitative estimate of drug-likeness (QED) is 0.874. The van der Waals surface area contributed by atoms with E-state index in [9.17, 15) is 5.11 Å². The van der Waals surface area contributed by atoms with Gasteiger partial charge in [0.1, 0.15) is 0 Å². The molecule has 0 spiro atoms. The highest BCUT2D eigenvalue weighted by Gasteiger charge is 2.65. The molecule has 4 atom stereocenters. The van der Waals surface area contributed by atoms with Crippen LogP contribution in [0.5, 0.6) is 0 Å². The first kappa shape index (κ1) is 13.1. The molecule has 2 fully saturated rings. The fraction of sp³-hybridized carbons (Fsp3) is 0.647. The molecule has 0 saturated heterocycles. The smallest absolute Gasteiger partial charge is 0.0732 e. The first-order valence-corrected chi connectivity index (χ1v) is 7.42. The van der Waals surface area contributed by atoms with Gasteiger partial charge in [0.05, 0.1) is 6.10 Å². The fourth-order valence-corrected chi connectivity index (χ4v) is 4.49. The minimum Gasteiger partial charge on any atom is -0.391 e. The molecule has 1 aromatic carbocycles. The molecule has 0 heterocycles. The molecule has 104 valence electrons. The van der Waals surface area contributed by atoms with Gasteiger partial charge >= 0.3 is 0 Å². The molecular formula is C17H25NO. The van der Waals surface area contributed by atoms with Gasteiger partial charge in [-0.3, -0.25) is 0 Å². The van der Waals surface area contributed by atoms with Crippen molar-refractivity contribution in [1.29, 1.82) is 0 Å². The monoisotopic (exact) mass is 259 g/mol. The Bertz CT molecular complexity index is 456. The van der Waals surface area contributed by atoms with E-state index in [1.54, 1.807) is 0 Å². The Morgan fingerprint density at radius 2 is 1.89 bits per heavy atom. The highest BCUT2D eigenvalue weighted by molar-refractivity contribution is 5.19. The van der Waals surface area contributed by atoms with Crippen LogP contribution in [0.25, 0.3) is 0 Å². The molecule has 19 heavy (non-hydrogen) atoms. The van der Waals surface area contributed by atoms with Crippen LogP contribution in [0.3, 0.4) is 0 Å². The average Bonchev–Trinajstić information content (AvgIpc) is 2.69.